The van der Waals surface area contributed by atoms with Gasteiger partial charge in [-0.1, -0.05) is 11.6 Å². The first kappa shape index (κ1) is 16.3. The van der Waals surface area contributed by atoms with E-state index < -0.39 is 0 Å². The van der Waals surface area contributed by atoms with Crippen LogP contribution in [0.1, 0.15) is 11.1 Å². The summed E-state index contributed by atoms with van der Waals surface area (Å²) in [7, 11) is 1.53. The van der Waals surface area contributed by atoms with Crippen LogP contribution in [0.25, 0.3) is 0 Å². The van der Waals surface area contributed by atoms with Crippen LogP contribution in [0.15, 0.2) is 30.5 Å². The van der Waals surface area contributed by atoms with Gasteiger partial charge in [-0.25, -0.2) is 4.98 Å². The van der Waals surface area contributed by atoms with Crippen LogP contribution < -0.4 is 15.0 Å². The molecule has 3 rings (SSSR count). The molecule has 2 heterocycles. The third-order valence-corrected chi connectivity index (χ3v) is 4.08. The Morgan fingerprint density at radius 2 is 2.21 bits per heavy atom. The van der Waals surface area contributed by atoms with Gasteiger partial charge in [0.05, 0.1) is 19.2 Å². The Morgan fingerprint density at radius 3 is 2.96 bits per heavy atom. The number of benzene rings is 1. The predicted octanol–water partition coefficient (Wildman–Crippen LogP) is 2.58. The molecular formula is C17H16ClN3O3. The summed E-state index contributed by atoms with van der Waals surface area (Å²) < 4.78 is 5.27. The molecule has 1 aromatic heterocycles. The molecule has 24 heavy (non-hydrogen) atoms. The summed E-state index contributed by atoms with van der Waals surface area (Å²) in [6.07, 6.45) is 1.68. The normalized spacial score (nSPS) is 13.3. The van der Waals surface area contributed by atoms with Gasteiger partial charge in [0.2, 0.25) is 11.8 Å². The first-order chi connectivity index (χ1) is 11.5. The number of pyridine rings is 1. The lowest BCUT2D eigenvalue weighted by Gasteiger charge is -2.29. The van der Waals surface area contributed by atoms with E-state index in [0.29, 0.717) is 27.8 Å². The highest BCUT2D eigenvalue weighted by Crippen LogP contribution is 2.31. The molecule has 0 spiro atoms. The third-order valence-electron chi connectivity index (χ3n) is 3.85. The molecule has 124 valence electrons. The first-order valence-corrected chi connectivity index (χ1v) is 7.75. The Labute approximate surface area is 144 Å². The largest absolute Gasteiger partial charge is 0.496 e. The van der Waals surface area contributed by atoms with Crippen LogP contribution in [0.3, 0.4) is 0 Å². The summed E-state index contributed by atoms with van der Waals surface area (Å²) in [5, 5.41) is 3.29. The fourth-order valence-corrected chi connectivity index (χ4v) is 2.85. The second kappa shape index (κ2) is 6.49. The number of aromatic nitrogens is 1. The maximum atomic E-state index is 12.8. The summed E-state index contributed by atoms with van der Waals surface area (Å²) in [5.74, 6) is 0.544. The van der Waals surface area contributed by atoms with Crippen LogP contribution in [-0.2, 0) is 16.0 Å². The molecule has 2 amide bonds. The van der Waals surface area contributed by atoms with Crippen molar-refractivity contribution in [1.82, 2.24) is 4.98 Å². The summed E-state index contributed by atoms with van der Waals surface area (Å²) >= 11 is 6.01. The van der Waals surface area contributed by atoms with Crippen molar-refractivity contribution >= 4 is 34.9 Å². The van der Waals surface area contributed by atoms with Crippen molar-refractivity contribution in [1.29, 1.82) is 0 Å². The Hall–Kier alpha value is -2.60. The molecule has 0 unspecified atom stereocenters. The standard InChI is InChI=1S/C17H16ClN3O3/c1-10-5-6-19-17-16(10)20-14(22)9-21(17)15(23)8-11-7-12(18)3-4-13(11)24-2/h3-7H,8-9H2,1-2H3,(H,20,22). The number of nitrogens with one attached hydrogen (secondary N) is 1. The number of amides is 2. The number of ether oxygens (including phenoxy) is 1. The van der Waals surface area contributed by atoms with E-state index in [4.69, 9.17) is 16.3 Å². The molecule has 0 saturated carbocycles. The van der Waals surface area contributed by atoms with Crippen molar-refractivity contribution in [2.45, 2.75) is 13.3 Å². The van der Waals surface area contributed by atoms with Crippen LogP contribution >= 0.6 is 11.6 Å². The van der Waals surface area contributed by atoms with E-state index >= 15 is 0 Å². The molecule has 0 fully saturated rings. The monoisotopic (exact) mass is 345 g/mol. The minimum Gasteiger partial charge on any atom is -0.496 e. The number of nitrogens with zero attached hydrogens (tertiary/aromatic N) is 2. The van der Waals surface area contributed by atoms with E-state index in [-0.39, 0.29) is 24.8 Å². The quantitative estimate of drug-likeness (QED) is 0.928. The van der Waals surface area contributed by atoms with E-state index in [1.807, 2.05) is 6.92 Å². The lowest BCUT2D eigenvalue weighted by molar-refractivity contribution is -0.121. The number of methoxy groups -OCH3 is 1. The average Bonchev–Trinajstić information content (AvgIpc) is 2.55. The number of carbonyl (C=O) groups excluding carboxylic acids is 2. The highest BCUT2D eigenvalue weighted by molar-refractivity contribution is 6.30. The van der Waals surface area contributed by atoms with Crippen molar-refractivity contribution in [3.63, 3.8) is 0 Å². The Balaban J connectivity index is 1.93. The maximum absolute atomic E-state index is 12.8. The molecule has 0 saturated heterocycles. The molecule has 1 aliphatic rings. The van der Waals surface area contributed by atoms with E-state index in [1.54, 1.807) is 30.5 Å². The SMILES string of the molecule is COc1ccc(Cl)cc1CC(=O)N1CC(=O)Nc2c(C)ccnc21. The fraction of sp³-hybridized carbons (Fsp3) is 0.235. The van der Waals surface area contributed by atoms with Crippen molar-refractivity contribution in [2.24, 2.45) is 0 Å². The molecule has 7 heteroatoms. The zero-order valence-electron chi connectivity index (χ0n) is 13.3. The summed E-state index contributed by atoms with van der Waals surface area (Å²) in [4.78, 5) is 30.4. The van der Waals surface area contributed by atoms with E-state index in [2.05, 4.69) is 10.3 Å². The second-order valence-electron chi connectivity index (χ2n) is 5.49. The van der Waals surface area contributed by atoms with Crippen molar-refractivity contribution in [3.05, 3.63) is 46.6 Å². The van der Waals surface area contributed by atoms with E-state index in [1.165, 1.54) is 12.0 Å². The summed E-state index contributed by atoms with van der Waals surface area (Å²) in [5.41, 5.74) is 2.08. The van der Waals surface area contributed by atoms with E-state index in [0.717, 1.165) is 5.56 Å². The van der Waals surface area contributed by atoms with Crippen molar-refractivity contribution in [2.75, 3.05) is 23.9 Å². The minimum atomic E-state index is -0.246. The lowest BCUT2D eigenvalue weighted by Crippen LogP contribution is -2.43. The Morgan fingerprint density at radius 1 is 1.42 bits per heavy atom. The lowest BCUT2D eigenvalue weighted by atomic mass is 10.1. The average molecular weight is 346 g/mol. The molecule has 0 aliphatic carbocycles. The maximum Gasteiger partial charge on any atom is 0.244 e. The highest BCUT2D eigenvalue weighted by Gasteiger charge is 2.29. The number of rotatable bonds is 3. The van der Waals surface area contributed by atoms with Gasteiger partial charge in [-0.15, -0.1) is 0 Å². The smallest absolute Gasteiger partial charge is 0.244 e. The van der Waals surface area contributed by atoms with Gasteiger partial charge >= 0.3 is 0 Å². The molecule has 1 N–H and O–H groups in total. The zero-order valence-corrected chi connectivity index (χ0v) is 14.1. The topological polar surface area (TPSA) is 71.5 Å². The van der Waals surface area contributed by atoms with Gasteiger partial charge in [-0.3, -0.25) is 14.5 Å². The number of carbonyl (C=O) groups is 2. The number of aryl methyl sites for hydroxylation is 1. The summed E-state index contributed by atoms with van der Waals surface area (Å²) in [6, 6.07) is 6.88. The van der Waals surface area contributed by atoms with Crippen LogP contribution in [0.5, 0.6) is 5.75 Å². The van der Waals surface area contributed by atoms with Gasteiger partial charge in [-0.05, 0) is 36.8 Å². The number of fused-ring (bicyclic) bond motifs is 1. The summed E-state index contributed by atoms with van der Waals surface area (Å²) in [6.45, 7) is 1.79. The number of halogens is 1. The third kappa shape index (κ3) is 3.05. The molecule has 2 aromatic rings. The van der Waals surface area contributed by atoms with Gasteiger partial charge < -0.3 is 10.1 Å². The Kier molecular flexibility index (Phi) is 4.40. The molecule has 0 atom stereocenters. The van der Waals surface area contributed by atoms with Crippen LogP contribution in [0.4, 0.5) is 11.5 Å². The molecule has 0 bridgehead atoms. The van der Waals surface area contributed by atoms with E-state index in [9.17, 15) is 9.59 Å². The van der Waals surface area contributed by atoms with Crippen LogP contribution in [0.2, 0.25) is 5.02 Å². The number of hydrogen-bond acceptors (Lipinski definition) is 4. The highest BCUT2D eigenvalue weighted by atomic mass is 35.5. The van der Waals surface area contributed by atoms with Gasteiger partial charge in [0.25, 0.3) is 0 Å². The van der Waals surface area contributed by atoms with Gasteiger partial charge in [-0.2, -0.15) is 0 Å². The number of anilines is 2. The fourth-order valence-electron chi connectivity index (χ4n) is 2.65. The van der Waals surface area contributed by atoms with Gasteiger partial charge in [0.15, 0.2) is 5.82 Å². The van der Waals surface area contributed by atoms with Crippen molar-refractivity contribution < 1.29 is 14.3 Å². The molecule has 0 radical (unpaired) electrons. The van der Waals surface area contributed by atoms with Gasteiger partial charge in [0, 0.05) is 16.8 Å². The molecule has 1 aliphatic heterocycles. The first-order valence-electron chi connectivity index (χ1n) is 7.38. The van der Waals surface area contributed by atoms with Gasteiger partial charge in [0.1, 0.15) is 12.3 Å². The van der Waals surface area contributed by atoms with Crippen molar-refractivity contribution in [3.8, 4) is 5.75 Å². The Bertz CT molecular complexity index is 823. The molecule has 1 aromatic carbocycles. The number of hydrogen-bond donors (Lipinski definition) is 1. The molecule has 6 nitrogen and oxygen atoms in total. The molecular weight excluding hydrogens is 330 g/mol. The predicted molar refractivity (Wildman–Crippen MR) is 91.7 cm³/mol. The second-order valence-corrected chi connectivity index (χ2v) is 5.92. The van der Waals surface area contributed by atoms with Crippen LogP contribution in [-0.4, -0.2) is 30.5 Å². The van der Waals surface area contributed by atoms with Crippen LogP contribution in [0, 0.1) is 6.92 Å². The zero-order chi connectivity index (χ0) is 17.3. The minimum absolute atomic E-state index is 0.0616.